The zero-order valence-electron chi connectivity index (χ0n) is 6.70. The third-order valence-corrected chi connectivity index (χ3v) is 1.63. The first-order valence-electron chi connectivity index (χ1n) is 3.80. The van der Waals surface area contributed by atoms with E-state index in [0.29, 0.717) is 12.1 Å². The number of rotatable bonds is 3. The highest BCUT2D eigenvalue weighted by Crippen LogP contribution is 2.02. The number of nitrogens with zero attached hydrogens (tertiary/aromatic N) is 3. The summed E-state index contributed by atoms with van der Waals surface area (Å²) in [4.78, 5) is 0. The van der Waals surface area contributed by atoms with Crippen LogP contribution in [0.15, 0.2) is 18.3 Å². The standard InChI is InChI=1S/C9H9N3/c10-5-1-2-6-12-7-3-4-9(12)8-11/h3-4,7H,1-2,6H2. The van der Waals surface area contributed by atoms with Gasteiger partial charge in [-0.05, 0) is 18.6 Å². The van der Waals surface area contributed by atoms with E-state index in [1.54, 1.807) is 6.07 Å². The molecule has 0 aliphatic rings. The van der Waals surface area contributed by atoms with Crippen LogP contribution in [0, 0.1) is 22.7 Å². The fourth-order valence-corrected chi connectivity index (χ4v) is 1.04. The van der Waals surface area contributed by atoms with Crippen LogP contribution in [0.1, 0.15) is 18.5 Å². The third-order valence-electron chi connectivity index (χ3n) is 1.63. The van der Waals surface area contributed by atoms with Crippen LogP contribution in [-0.2, 0) is 6.54 Å². The fraction of sp³-hybridized carbons (Fsp3) is 0.333. The van der Waals surface area contributed by atoms with Crippen LogP contribution in [0.25, 0.3) is 0 Å². The second kappa shape index (κ2) is 4.20. The molecule has 60 valence electrons. The molecular formula is C9H9N3. The molecule has 0 amide bonds. The Bertz CT molecular complexity index is 324. The summed E-state index contributed by atoms with van der Waals surface area (Å²) in [6.45, 7) is 0.753. The lowest BCUT2D eigenvalue weighted by Crippen LogP contribution is -1.98. The Hall–Kier alpha value is -1.74. The van der Waals surface area contributed by atoms with Crippen molar-refractivity contribution in [2.45, 2.75) is 19.4 Å². The Morgan fingerprint density at radius 2 is 2.25 bits per heavy atom. The van der Waals surface area contributed by atoms with Gasteiger partial charge in [-0.3, -0.25) is 0 Å². The van der Waals surface area contributed by atoms with Gasteiger partial charge in [0, 0.05) is 19.2 Å². The van der Waals surface area contributed by atoms with Gasteiger partial charge in [0.25, 0.3) is 0 Å². The van der Waals surface area contributed by atoms with E-state index in [9.17, 15) is 0 Å². The van der Waals surface area contributed by atoms with Crippen LogP contribution in [0.4, 0.5) is 0 Å². The van der Waals surface area contributed by atoms with Crippen molar-refractivity contribution >= 4 is 0 Å². The minimum Gasteiger partial charge on any atom is -0.339 e. The average Bonchev–Trinajstić information content (AvgIpc) is 2.52. The Kier molecular flexibility index (Phi) is 2.93. The third kappa shape index (κ3) is 1.87. The molecule has 0 radical (unpaired) electrons. The van der Waals surface area contributed by atoms with Crippen molar-refractivity contribution < 1.29 is 0 Å². The van der Waals surface area contributed by atoms with E-state index in [-0.39, 0.29) is 0 Å². The first-order chi connectivity index (χ1) is 5.88. The van der Waals surface area contributed by atoms with E-state index in [0.717, 1.165) is 13.0 Å². The van der Waals surface area contributed by atoms with E-state index in [2.05, 4.69) is 12.1 Å². The van der Waals surface area contributed by atoms with Crippen LogP contribution in [0.3, 0.4) is 0 Å². The maximum absolute atomic E-state index is 8.63. The molecule has 1 aromatic heterocycles. The number of aryl methyl sites for hydroxylation is 1. The molecule has 1 aromatic rings. The molecule has 3 nitrogen and oxygen atoms in total. The minimum absolute atomic E-state index is 0.545. The Balaban J connectivity index is 2.53. The van der Waals surface area contributed by atoms with Crippen molar-refractivity contribution in [3.8, 4) is 12.1 Å². The lowest BCUT2D eigenvalue weighted by atomic mass is 10.3. The summed E-state index contributed by atoms with van der Waals surface area (Å²) < 4.78 is 1.86. The van der Waals surface area contributed by atoms with Gasteiger partial charge in [-0.2, -0.15) is 10.5 Å². The van der Waals surface area contributed by atoms with Gasteiger partial charge in [0.1, 0.15) is 11.8 Å². The highest BCUT2D eigenvalue weighted by Gasteiger charge is 1.97. The summed E-state index contributed by atoms with van der Waals surface area (Å²) in [5, 5.41) is 16.9. The second-order valence-corrected chi connectivity index (χ2v) is 2.46. The molecule has 3 heteroatoms. The maximum Gasteiger partial charge on any atom is 0.120 e. The molecule has 0 unspecified atom stereocenters. The van der Waals surface area contributed by atoms with Crippen molar-refractivity contribution in [1.82, 2.24) is 4.57 Å². The molecule has 1 rings (SSSR count). The number of aromatic nitrogens is 1. The van der Waals surface area contributed by atoms with Gasteiger partial charge in [0.2, 0.25) is 0 Å². The second-order valence-electron chi connectivity index (χ2n) is 2.46. The number of hydrogen-bond donors (Lipinski definition) is 0. The molecule has 0 aliphatic carbocycles. The smallest absolute Gasteiger partial charge is 0.120 e. The molecule has 0 saturated carbocycles. The Labute approximate surface area is 71.5 Å². The highest BCUT2D eigenvalue weighted by atomic mass is 15.0. The first kappa shape index (κ1) is 8.36. The number of nitriles is 2. The van der Waals surface area contributed by atoms with Crippen LogP contribution in [0.2, 0.25) is 0 Å². The van der Waals surface area contributed by atoms with Crippen molar-refractivity contribution in [3.05, 3.63) is 24.0 Å². The molecule has 0 aromatic carbocycles. The fourth-order valence-electron chi connectivity index (χ4n) is 1.04. The van der Waals surface area contributed by atoms with Gasteiger partial charge in [-0.1, -0.05) is 0 Å². The molecule has 12 heavy (non-hydrogen) atoms. The van der Waals surface area contributed by atoms with Crippen LogP contribution >= 0.6 is 0 Å². The number of hydrogen-bond acceptors (Lipinski definition) is 2. The summed E-state index contributed by atoms with van der Waals surface area (Å²) in [6, 6.07) is 7.76. The Morgan fingerprint density at radius 3 is 2.92 bits per heavy atom. The molecule has 0 fully saturated rings. The summed E-state index contributed by atoms with van der Waals surface area (Å²) >= 11 is 0. The van der Waals surface area contributed by atoms with Crippen LogP contribution < -0.4 is 0 Å². The van der Waals surface area contributed by atoms with Gasteiger partial charge < -0.3 is 4.57 Å². The van der Waals surface area contributed by atoms with Gasteiger partial charge in [-0.25, -0.2) is 0 Å². The van der Waals surface area contributed by atoms with Crippen molar-refractivity contribution in [3.63, 3.8) is 0 Å². The monoisotopic (exact) mass is 159 g/mol. The maximum atomic E-state index is 8.63. The van der Waals surface area contributed by atoms with E-state index >= 15 is 0 Å². The summed E-state index contributed by atoms with van der Waals surface area (Å²) in [7, 11) is 0. The summed E-state index contributed by atoms with van der Waals surface area (Å²) in [5.41, 5.74) is 0.660. The van der Waals surface area contributed by atoms with E-state index in [1.165, 1.54) is 0 Å². The molecule has 0 saturated heterocycles. The lowest BCUT2D eigenvalue weighted by molar-refractivity contribution is 0.651. The van der Waals surface area contributed by atoms with Crippen molar-refractivity contribution in [1.29, 1.82) is 10.5 Å². The number of unbranched alkanes of at least 4 members (excludes halogenated alkanes) is 1. The molecule has 1 heterocycles. The summed E-state index contributed by atoms with van der Waals surface area (Å²) in [5.74, 6) is 0. The van der Waals surface area contributed by atoms with Gasteiger partial charge in [-0.15, -0.1) is 0 Å². The van der Waals surface area contributed by atoms with Gasteiger partial charge >= 0.3 is 0 Å². The quantitative estimate of drug-likeness (QED) is 0.630. The van der Waals surface area contributed by atoms with E-state index in [4.69, 9.17) is 10.5 Å². The minimum atomic E-state index is 0.545. The first-order valence-corrected chi connectivity index (χ1v) is 3.80. The predicted molar refractivity (Wildman–Crippen MR) is 44.0 cm³/mol. The molecule has 0 atom stereocenters. The van der Waals surface area contributed by atoms with Crippen LogP contribution in [-0.4, -0.2) is 4.57 Å². The predicted octanol–water partition coefficient (Wildman–Crippen LogP) is 1.66. The van der Waals surface area contributed by atoms with Crippen LogP contribution in [0.5, 0.6) is 0 Å². The largest absolute Gasteiger partial charge is 0.339 e. The van der Waals surface area contributed by atoms with Crippen molar-refractivity contribution in [2.75, 3.05) is 0 Å². The molecule has 0 aliphatic heterocycles. The Morgan fingerprint density at radius 1 is 1.42 bits per heavy atom. The normalized spacial score (nSPS) is 8.83. The van der Waals surface area contributed by atoms with Gasteiger partial charge in [0.05, 0.1) is 6.07 Å². The molecular weight excluding hydrogens is 150 g/mol. The molecule has 0 N–H and O–H groups in total. The average molecular weight is 159 g/mol. The van der Waals surface area contributed by atoms with Gasteiger partial charge in [0.15, 0.2) is 0 Å². The van der Waals surface area contributed by atoms with E-state index < -0.39 is 0 Å². The highest BCUT2D eigenvalue weighted by molar-refractivity contribution is 5.21. The zero-order valence-corrected chi connectivity index (χ0v) is 6.70. The molecule has 0 bridgehead atoms. The lowest BCUT2D eigenvalue weighted by Gasteiger charge is -2.00. The summed E-state index contributed by atoms with van der Waals surface area (Å²) in [6.07, 6.45) is 3.21. The zero-order chi connectivity index (χ0) is 8.81. The van der Waals surface area contributed by atoms with Crippen molar-refractivity contribution in [2.24, 2.45) is 0 Å². The molecule has 0 spiro atoms. The van der Waals surface area contributed by atoms with E-state index in [1.807, 2.05) is 16.8 Å². The SMILES string of the molecule is N#CCCCn1cccc1C#N. The topological polar surface area (TPSA) is 52.5 Å².